The first kappa shape index (κ1) is 20.2. The molecule has 0 aliphatic carbocycles. The van der Waals surface area contributed by atoms with Crippen molar-refractivity contribution in [1.82, 2.24) is 10.4 Å². The Labute approximate surface area is 185 Å². The van der Waals surface area contributed by atoms with E-state index in [-0.39, 0.29) is 5.11 Å². The van der Waals surface area contributed by atoms with Gasteiger partial charge in [0.15, 0.2) is 5.11 Å². The van der Waals surface area contributed by atoms with E-state index < -0.39 is 0 Å². The summed E-state index contributed by atoms with van der Waals surface area (Å²) in [5.41, 5.74) is 9.92. The molecule has 1 fully saturated rings. The Morgan fingerprint density at radius 1 is 1.07 bits per heavy atom. The lowest BCUT2D eigenvalue weighted by atomic mass is 10.2. The number of aromatic nitrogens is 1. The molecule has 0 amide bonds. The van der Waals surface area contributed by atoms with Gasteiger partial charge in [0.2, 0.25) is 0 Å². The van der Waals surface area contributed by atoms with Gasteiger partial charge in [0.05, 0.1) is 6.21 Å². The third-order valence-corrected chi connectivity index (χ3v) is 5.16. The number of nitrogens with one attached hydrogen (secondary N) is 1. The minimum atomic E-state index is 0.104. The van der Waals surface area contributed by atoms with Gasteiger partial charge in [0.1, 0.15) is 17.3 Å². The van der Waals surface area contributed by atoms with Gasteiger partial charge < -0.3 is 20.0 Å². The Morgan fingerprint density at radius 2 is 1.80 bits per heavy atom. The molecular formula is C21H21ClN6OS. The molecule has 1 aliphatic rings. The number of furan rings is 1. The lowest BCUT2D eigenvalue weighted by molar-refractivity contribution is 0.574. The van der Waals surface area contributed by atoms with Gasteiger partial charge in [-0.2, -0.15) is 5.10 Å². The second-order valence-electron chi connectivity index (χ2n) is 6.79. The summed E-state index contributed by atoms with van der Waals surface area (Å²) >= 11 is 10.7. The first-order chi connectivity index (χ1) is 14.6. The number of piperazine rings is 1. The molecule has 0 spiro atoms. The highest BCUT2D eigenvalue weighted by atomic mass is 35.5. The first-order valence-corrected chi connectivity index (χ1v) is 10.3. The Morgan fingerprint density at radius 3 is 2.47 bits per heavy atom. The SMILES string of the molecule is NC(=S)NN=Cc1ccc(-c2ccc(N3CCN(c4ccc(Cl)cc4)CC3)nc2)o1. The van der Waals surface area contributed by atoms with Gasteiger partial charge in [-0.25, -0.2) is 4.98 Å². The van der Waals surface area contributed by atoms with Gasteiger partial charge in [-0.15, -0.1) is 0 Å². The van der Waals surface area contributed by atoms with Gasteiger partial charge >= 0.3 is 0 Å². The second kappa shape index (κ2) is 9.15. The average Bonchev–Trinajstić information content (AvgIpc) is 3.23. The van der Waals surface area contributed by atoms with Crippen molar-refractivity contribution in [3.8, 4) is 11.3 Å². The standard InChI is InChI=1S/C21H21ClN6OS/c22-16-2-4-17(5-3-16)27-9-11-28(12-10-27)20-8-1-15(13-24-20)19-7-6-18(29-19)14-25-26-21(23)30/h1-8,13-14H,9-12H2,(H3,23,26,30). The van der Waals surface area contributed by atoms with Crippen LogP contribution >= 0.6 is 23.8 Å². The lowest BCUT2D eigenvalue weighted by Gasteiger charge is -2.36. The van der Waals surface area contributed by atoms with Crippen LogP contribution in [0.1, 0.15) is 5.76 Å². The van der Waals surface area contributed by atoms with Gasteiger partial charge in [-0.1, -0.05) is 11.6 Å². The maximum Gasteiger partial charge on any atom is 0.184 e. The molecule has 0 unspecified atom stereocenters. The Balaban J connectivity index is 1.36. The smallest absolute Gasteiger partial charge is 0.184 e. The van der Waals surface area contributed by atoms with Crippen LogP contribution in [0, 0.1) is 0 Å². The molecule has 0 radical (unpaired) electrons. The van der Waals surface area contributed by atoms with Crippen molar-refractivity contribution in [2.45, 2.75) is 0 Å². The highest BCUT2D eigenvalue weighted by Gasteiger charge is 2.18. The normalized spacial score (nSPS) is 14.3. The number of hydrazone groups is 1. The summed E-state index contributed by atoms with van der Waals surface area (Å²) in [7, 11) is 0. The summed E-state index contributed by atoms with van der Waals surface area (Å²) in [5, 5.41) is 4.75. The topological polar surface area (TPSA) is 82.9 Å². The van der Waals surface area contributed by atoms with Gasteiger partial charge in [0.25, 0.3) is 0 Å². The Kier molecular flexibility index (Phi) is 6.15. The maximum atomic E-state index is 5.99. The van der Waals surface area contributed by atoms with Crippen molar-refractivity contribution in [2.75, 3.05) is 36.0 Å². The molecule has 30 heavy (non-hydrogen) atoms. The molecule has 154 valence electrons. The molecular weight excluding hydrogens is 420 g/mol. The monoisotopic (exact) mass is 440 g/mol. The molecule has 7 nitrogen and oxygen atoms in total. The van der Waals surface area contributed by atoms with E-state index in [0.717, 1.165) is 48.3 Å². The van der Waals surface area contributed by atoms with Crippen LogP contribution in [0.3, 0.4) is 0 Å². The zero-order valence-electron chi connectivity index (χ0n) is 16.2. The number of rotatable bonds is 5. The number of nitrogens with two attached hydrogens (primary N) is 1. The quantitative estimate of drug-likeness (QED) is 0.357. The minimum Gasteiger partial charge on any atom is -0.455 e. The van der Waals surface area contributed by atoms with Crippen molar-refractivity contribution in [3.05, 3.63) is 65.5 Å². The predicted octanol–water partition coefficient (Wildman–Crippen LogP) is 3.49. The summed E-state index contributed by atoms with van der Waals surface area (Å²) in [4.78, 5) is 9.28. The summed E-state index contributed by atoms with van der Waals surface area (Å²) in [6.07, 6.45) is 3.35. The maximum absolute atomic E-state index is 5.99. The van der Waals surface area contributed by atoms with Crippen LogP contribution in [0.25, 0.3) is 11.3 Å². The molecule has 0 bridgehead atoms. The predicted molar refractivity (Wildman–Crippen MR) is 125 cm³/mol. The molecule has 1 saturated heterocycles. The van der Waals surface area contributed by atoms with Crippen molar-refractivity contribution in [1.29, 1.82) is 0 Å². The Bertz CT molecular complexity index is 1030. The first-order valence-electron chi connectivity index (χ1n) is 9.49. The van der Waals surface area contributed by atoms with Crippen LogP contribution in [0.2, 0.25) is 5.02 Å². The zero-order valence-corrected chi connectivity index (χ0v) is 17.7. The van der Waals surface area contributed by atoms with E-state index in [1.807, 2.05) is 42.6 Å². The van der Waals surface area contributed by atoms with E-state index in [1.165, 1.54) is 11.9 Å². The molecule has 3 aromatic rings. The van der Waals surface area contributed by atoms with E-state index in [1.54, 1.807) is 0 Å². The highest BCUT2D eigenvalue weighted by Crippen LogP contribution is 2.25. The van der Waals surface area contributed by atoms with Crippen molar-refractivity contribution >= 4 is 46.7 Å². The number of halogens is 1. The fourth-order valence-corrected chi connectivity index (χ4v) is 3.48. The number of nitrogens with zero attached hydrogens (tertiary/aromatic N) is 4. The fourth-order valence-electron chi connectivity index (χ4n) is 3.30. The van der Waals surface area contributed by atoms with Crippen molar-refractivity contribution in [2.24, 2.45) is 10.8 Å². The van der Waals surface area contributed by atoms with Crippen LogP contribution in [0.15, 0.2) is 64.2 Å². The summed E-state index contributed by atoms with van der Waals surface area (Å²) < 4.78 is 5.77. The summed E-state index contributed by atoms with van der Waals surface area (Å²) in [5.74, 6) is 2.28. The largest absolute Gasteiger partial charge is 0.455 e. The third-order valence-electron chi connectivity index (χ3n) is 4.82. The zero-order chi connectivity index (χ0) is 20.9. The van der Waals surface area contributed by atoms with E-state index in [9.17, 15) is 0 Å². The number of benzene rings is 1. The lowest BCUT2D eigenvalue weighted by Crippen LogP contribution is -2.46. The number of thiocarbonyl (C=S) groups is 1. The molecule has 3 heterocycles. The van der Waals surface area contributed by atoms with Crippen LogP contribution in [-0.4, -0.2) is 42.5 Å². The van der Waals surface area contributed by atoms with Crippen LogP contribution in [0.5, 0.6) is 0 Å². The molecule has 0 saturated carbocycles. The summed E-state index contributed by atoms with van der Waals surface area (Å²) in [6, 6.07) is 15.7. The van der Waals surface area contributed by atoms with Crippen molar-refractivity contribution in [3.63, 3.8) is 0 Å². The number of anilines is 2. The number of pyridine rings is 1. The van der Waals surface area contributed by atoms with Gasteiger partial charge in [0, 0.05) is 48.6 Å². The van der Waals surface area contributed by atoms with Gasteiger partial charge in [-0.05, 0) is 60.7 Å². The van der Waals surface area contributed by atoms with E-state index in [2.05, 4.69) is 37.4 Å². The van der Waals surface area contributed by atoms with Crippen LogP contribution < -0.4 is 21.0 Å². The molecule has 1 aromatic carbocycles. The van der Waals surface area contributed by atoms with E-state index in [0.29, 0.717) is 5.76 Å². The molecule has 9 heteroatoms. The molecule has 2 aromatic heterocycles. The average molecular weight is 441 g/mol. The van der Waals surface area contributed by atoms with E-state index >= 15 is 0 Å². The molecule has 0 atom stereocenters. The second-order valence-corrected chi connectivity index (χ2v) is 7.67. The Hall–Kier alpha value is -3.10. The summed E-state index contributed by atoms with van der Waals surface area (Å²) in [6.45, 7) is 3.69. The highest BCUT2D eigenvalue weighted by molar-refractivity contribution is 7.80. The fraction of sp³-hybridized carbons (Fsp3) is 0.190. The molecule has 4 rings (SSSR count). The van der Waals surface area contributed by atoms with Crippen molar-refractivity contribution < 1.29 is 4.42 Å². The van der Waals surface area contributed by atoms with Crippen LogP contribution in [-0.2, 0) is 0 Å². The third kappa shape index (κ3) is 4.90. The van der Waals surface area contributed by atoms with Crippen LogP contribution in [0.4, 0.5) is 11.5 Å². The van der Waals surface area contributed by atoms with E-state index in [4.69, 9.17) is 34.0 Å². The number of hydrogen-bond donors (Lipinski definition) is 2. The molecule has 3 N–H and O–H groups in total. The van der Waals surface area contributed by atoms with Gasteiger partial charge in [-0.3, -0.25) is 5.43 Å². The minimum absolute atomic E-state index is 0.104. The molecule has 1 aliphatic heterocycles. The number of hydrogen-bond acceptors (Lipinski definition) is 6.